The summed E-state index contributed by atoms with van der Waals surface area (Å²) in [4.78, 5) is 4.30. The monoisotopic (exact) mass is 188 g/mol. The largest absolute Gasteiger partial charge is 0.506 e. The molecule has 3 nitrogen and oxygen atoms in total. The Morgan fingerprint density at radius 3 is 3.07 bits per heavy atom. The molecule has 0 saturated carbocycles. The third-order valence-corrected chi connectivity index (χ3v) is 3.01. The Kier molecular flexibility index (Phi) is 1.35. The summed E-state index contributed by atoms with van der Waals surface area (Å²) in [7, 11) is 2.06. The topological polar surface area (TPSA) is 26.7 Å². The van der Waals surface area contributed by atoms with Gasteiger partial charge in [-0.2, -0.15) is 0 Å². The summed E-state index contributed by atoms with van der Waals surface area (Å²) < 4.78 is 0. The summed E-state index contributed by atoms with van der Waals surface area (Å²) in [6, 6.07) is 5.72. The van der Waals surface area contributed by atoms with Gasteiger partial charge in [0.1, 0.15) is 11.9 Å². The quantitative estimate of drug-likeness (QED) is 0.668. The zero-order chi connectivity index (χ0) is 9.71. The van der Waals surface area contributed by atoms with Crippen molar-refractivity contribution in [2.45, 2.75) is 12.6 Å². The van der Waals surface area contributed by atoms with E-state index in [-0.39, 0.29) is 0 Å². The Balaban J connectivity index is 2.14. The molecule has 0 aromatic heterocycles. The van der Waals surface area contributed by atoms with Gasteiger partial charge in [0.05, 0.1) is 5.69 Å². The van der Waals surface area contributed by atoms with E-state index < -0.39 is 0 Å². The third kappa shape index (κ3) is 0.816. The van der Waals surface area contributed by atoms with Crippen molar-refractivity contribution in [2.24, 2.45) is 0 Å². The molecule has 1 aromatic carbocycles. The van der Waals surface area contributed by atoms with E-state index >= 15 is 0 Å². The molecule has 3 rings (SSSR count). The first-order valence-electron chi connectivity index (χ1n) is 4.77. The van der Waals surface area contributed by atoms with Crippen LogP contribution in [0, 0.1) is 0 Å². The first kappa shape index (κ1) is 7.74. The van der Waals surface area contributed by atoms with E-state index in [1.54, 1.807) is 6.07 Å². The Hall–Kier alpha value is -1.64. The number of phenolic OH excluding ortho intramolecular Hbond substituents is 1. The molecule has 2 aliphatic rings. The van der Waals surface area contributed by atoms with Crippen molar-refractivity contribution >= 4 is 5.69 Å². The van der Waals surface area contributed by atoms with Crippen molar-refractivity contribution in [1.29, 1.82) is 0 Å². The first-order valence-corrected chi connectivity index (χ1v) is 4.77. The lowest BCUT2D eigenvalue weighted by Gasteiger charge is -2.23. The van der Waals surface area contributed by atoms with Crippen molar-refractivity contribution < 1.29 is 5.11 Å². The van der Waals surface area contributed by atoms with Crippen LogP contribution in [0.2, 0.25) is 0 Å². The highest BCUT2D eigenvalue weighted by molar-refractivity contribution is 5.70. The minimum atomic E-state index is 0.360. The van der Waals surface area contributed by atoms with Gasteiger partial charge in [-0.1, -0.05) is 12.1 Å². The van der Waals surface area contributed by atoms with Crippen molar-refractivity contribution in [3.8, 4) is 5.75 Å². The Labute approximate surface area is 82.9 Å². The number of aromatic hydroxyl groups is 1. The maximum atomic E-state index is 9.77. The number of anilines is 1. The van der Waals surface area contributed by atoms with Crippen molar-refractivity contribution in [2.75, 3.05) is 11.9 Å². The molecule has 3 heteroatoms. The molecular weight excluding hydrogens is 176 g/mol. The highest BCUT2D eigenvalue weighted by atomic mass is 16.3. The van der Waals surface area contributed by atoms with E-state index in [4.69, 9.17) is 0 Å². The molecule has 0 aliphatic carbocycles. The summed E-state index contributed by atoms with van der Waals surface area (Å²) in [5.74, 6) is 0.380. The van der Waals surface area contributed by atoms with E-state index in [1.165, 1.54) is 5.56 Å². The zero-order valence-corrected chi connectivity index (χ0v) is 8.01. The molecule has 0 bridgehead atoms. The van der Waals surface area contributed by atoms with Gasteiger partial charge in [-0.3, -0.25) is 0 Å². The van der Waals surface area contributed by atoms with Crippen LogP contribution in [0.3, 0.4) is 0 Å². The van der Waals surface area contributed by atoms with Gasteiger partial charge in [0.25, 0.3) is 0 Å². The van der Waals surface area contributed by atoms with Crippen LogP contribution in [0.1, 0.15) is 5.56 Å². The number of phenols is 1. The van der Waals surface area contributed by atoms with E-state index in [0.717, 1.165) is 12.1 Å². The molecule has 1 N–H and O–H groups in total. The van der Waals surface area contributed by atoms with Crippen LogP contribution in [0.4, 0.5) is 5.69 Å². The van der Waals surface area contributed by atoms with Crippen LogP contribution in [0.15, 0.2) is 30.6 Å². The lowest BCUT2D eigenvalue weighted by molar-refractivity contribution is 0.368. The van der Waals surface area contributed by atoms with Crippen LogP contribution in [0.5, 0.6) is 5.75 Å². The number of nitrogens with zero attached hydrogens (tertiary/aromatic N) is 2. The molecular formula is C11H12N2O. The normalized spacial score (nSPS) is 22.8. The highest BCUT2D eigenvalue weighted by Gasteiger charge is 2.34. The zero-order valence-electron chi connectivity index (χ0n) is 8.01. The molecule has 2 aliphatic heterocycles. The number of benzene rings is 1. The van der Waals surface area contributed by atoms with Gasteiger partial charge >= 0.3 is 0 Å². The molecule has 72 valence electrons. The summed E-state index contributed by atoms with van der Waals surface area (Å²) in [5, 5.41) is 9.77. The second-order valence-corrected chi connectivity index (χ2v) is 3.84. The van der Waals surface area contributed by atoms with Gasteiger partial charge in [-0.15, -0.1) is 0 Å². The highest BCUT2D eigenvalue weighted by Crippen LogP contribution is 2.42. The Morgan fingerprint density at radius 2 is 2.21 bits per heavy atom. The molecule has 2 heterocycles. The number of para-hydroxylation sites is 1. The number of fused-ring (bicyclic) bond motifs is 3. The molecule has 0 fully saturated rings. The fraction of sp³-hybridized carbons (Fsp3) is 0.273. The van der Waals surface area contributed by atoms with Gasteiger partial charge in [0, 0.05) is 25.9 Å². The molecule has 0 spiro atoms. The van der Waals surface area contributed by atoms with Crippen LogP contribution in [-0.4, -0.2) is 23.2 Å². The minimum absolute atomic E-state index is 0.360. The number of hydrogen-bond acceptors (Lipinski definition) is 3. The van der Waals surface area contributed by atoms with E-state index in [1.807, 2.05) is 18.5 Å². The van der Waals surface area contributed by atoms with Crippen LogP contribution >= 0.6 is 0 Å². The second-order valence-electron chi connectivity index (χ2n) is 3.84. The predicted octanol–water partition coefficient (Wildman–Crippen LogP) is 1.50. The molecule has 1 aromatic rings. The minimum Gasteiger partial charge on any atom is -0.506 e. The van der Waals surface area contributed by atoms with Crippen molar-refractivity contribution in [1.82, 2.24) is 4.90 Å². The fourth-order valence-corrected chi connectivity index (χ4v) is 2.28. The first-order chi connectivity index (χ1) is 6.77. The Bertz CT molecular complexity index is 414. The maximum Gasteiger partial charge on any atom is 0.139 e. The molecule has 0 amide bonds. The molecule has 14 heavy (non-hydrogen) atoms. The maximum absolute atomic E-state index is 9.77. The fourth-order valence-electron chi connectivity index (χ4n) is 2.28. The van der Waals surface area contributed by atoms with Crippen molar-refractivity contribution in [3.63, 3.8) is 0 Å². The second kappa shape index (κ2) is 2.44. The molecule has 0 saturated heterocycles. The smallest absolute Gasteiger partial charge is 0.139 e. The van der Waals surface area contributed by atoms with Gasteiger partial charge in [0.2, 0.25) is 0 Å². The van der Waals surface area contributed by atoms with Crippen LogP contribution < -0.4 is 4.90 Å². The standard InChI is InChI=1S/C11H12N2O/c1-12-5-6-13-10(12)7-8-3-2-4-9(14)11(8)13/h2-6,10,14H,7H2,1H3. The van der Waals surface area contributed by atoms with Gasteiger partial charge in [-0.05, 0) is 11.6 Å². The third-order valence-electron chi connectivity index (χ3n) is 3.01. The van der Waals surface area contributed by atoms with Crippen LogP contribution in [0.25, 0.3) is 0 Å². The average Bonchev–Trinajstić information content (AvgIpc) is 2.68. The predicted molar refractivity (Wildman–Crippen MR) is 55.0 cm³/mol. The number of rotatable bonds is 0. The van der Waals surface area contributed by atoms with Crippen LogP contribution in [-0.2, 0) is 6.42 Å². The van der Waals surface area contributed by atoms with E-state index in [2.05, 4.69) is 22.9 Å². The van der Waals surface area contributed by atoms with E-state index in [0.29, 0.717) is 11.9 Å². The number of hydrogen-bond donors (Lipinski definition) is 1. The van der Waals surface area contributed by atoms with Gasteiger partial charge in [0.15, 0.2) is 0 Å². The van der Waals surface area contributed by atoms with Crippen molar-refractivity contribution in [3.05, 3.63) is 36.2 Å². The molecule has 1 atom stereocenters. The van der Waals surface area contributed by atoms with Gasteiger partial charge < -0.3 is 14.9 Å². The van der Waals surface area contributed by atoms with Gasteiger partial charge in [-0.25, -0.2) is 0 Å². The molecule has 1 unspecified atom stereocenters. The summed E-state index contributed by atoms with van der Waals surface area (Å²) in [5.41, 5.74) is 2.20. The summed E-state index contributed by atoms with van der Waals surface area (Å²) in [6.07, 6.45) is 5.40. The van der Waals surface area contributed by atoms with E-state index in [9.17, 15) is 5.11 Å². The SMILES string of the molecule is CN1C=CN2c3c(O)cccc3CC12. The lowest BCUT2D eigenvalue weighted by atomic mass is 10.1. The summed E-state index contributed by atoms with van der Waals surface area (Å²) >= 11 is 0. The summed E-state index contributed by atoms with van der Waals surface area (Å²) in [6.45, 7) is 0. The Morgan fingerprint density at radius 1 is 1.36 bits per heavy atom. The number of likely N-dealkylation sites (N-methyl/N-ethyl adjacent to an activating group) is 1. The molecule has 0 radical (unpaired) electrons. The lowest BCUT2D eigenvalue weighted by Crippen LogP contribution is -2.33. The average molecular weight is 188 g/mol.